The van der Waals surface area contributed by atoms with E-state index in [1.807, 2.05) is 30.3 Å². The maximum atomic E-state index is 12.2. The zero-order valence-corrected chi connectivity index (χ0v) is 13.5. The molecule has 0 spiro atoms. The minimum Gasteiger partial charge on any atom is -0.378 e. The average Bonchev–Trinajstić information content (AvgIpc) is 2.58. The predicted molar refractivity (Wildman–Crippen MR) is 89.4 cm³/mol. The van der Waals surface area contributed by atoms with Crippen LogP contribution in [0.3, 0.4) is 0 Å². The number of aromatic nitrogens is 1. The number of hydrogen-bond donors (Lipinski definition) is 1. The number of morpholine rings is 1. The van der Waals surface area contributed by atoms with Gasteiger partial charge in [-0.25, -0.2) is 4.98 Å². The van der Waals surface area contributed by atoms with Crippen molar-refractivity contribution in [3.8, 4) is 0 Å². The third-order valence-electron chi connectivity index (χ3n) is 3.45. The molecule has 1 saturated heterocycles. The Kier molecular flexibility index (Phi) is 4.70. The summed E-state index contributed by atoms with van der Waals surface area (Å²) in [5.41, 5.74) is 1.30. The van der Waals surface area contributed by atoms with Crippen LogP contribution in [0.15, 0.2) is 47.1 Å². The molecule has 3 rings (SSSR count). The average molecular weight is 362 g/mol. The summed E-state index contributed by atoms with van der Waals surface area (Å²) in [5, 5.41) is 2.85. The topological polar surface area (TPSA) is 54.5 Å². The van der Waals surface area contributed by atoms with Gasteiger partial charge in [-0.05, 0) is 36.4 Å². The number of hydrogen-bond acceptors (Lipinski definition) is 4. The Morgan fingerprint density at radius 3 is 2.50 bits per heavy atom. The number of amides is 1. The van der Waals surface area contributed by atoms with E-state index in [1.165, 1.54) is 0 Å². The van der Waals surface area contributed by atoms with Gasteiger partial charge in [0, 0.05) is 29.4 Å². The highest BCUT2D eigenvalue weighted by Gasteiger charge is 2.13. The van der Waals surface area contributed by atoms with Gasteiger partial charge in [0.25, 0.3) is 5.91 Å². The number of ether oxygens (including phenoxy) is 1. The maximum Gasteiger partial charge on any atom is 0.257 e. The van der Waals surface area contributed by atoms with E-state index in [-0.39, 0.29) is 5.91 Å². The van der Waals surface area contributed by atoms with E-state index in [0.29, 0.717) is 18.8 Å². The van der Waals surface area contributed by atoms with Crippen LogP contribution < -0.4 is 10.2 Å². The van der Waals surface area contributed by atoms with Crippen molar-refractivity contribution >= 4 is 33.3 Å². The van der Waals surface area contributed by atoms with Crippen molar-refractivity contribution in [1.29, 1.82) is 0 Å². The van der Waals surface area contributed by atoms with E-state index in [0.717, 1.165) is 29.1 Å². The lowest BCUT2D eigenvalue weighted by Crippen LogP contribution is -2.36. The standard InChI is InChI=1S/C16H16BrN3O2/c17-13-2-4-14(5-3-13)19-16(21)12-1-6-15(18-11-12)20-7-9-22-10-8-20/h1-6,11H,7-10H2,(H,19,21). The van der Waals surface area contributed by atoms with Crippen molar-refractivity contribution in [3.63, 3.8) is 0 Å². The molecule has 2 aromatic rings. The van der Waals surface area contributed by atoms with Gasteiger partial charge in [-0.1, -0.05) is 15.9 Å². The smallest absolute Gasteiger partial charge is 0.257 e. The normalized spacial score (nSPS) is 14.7. The summed E-state index contributed by atoms with van der Waals surface area (Å²) < 4.78 is 6.30. The number of pyridine rings is 1. The Hall–Kier alpha value is -1.92. The van der Waals surface area contributed by atoms with Gasteiger partial charge in [0.2, 0.25) is 0 Å². The molecule has 1 fully saturated rings. The van der Waals surface area contributed by atoms with Crippen molar-refractivity contribution in [3.05, 3.63) is 52.6 Å². The first-order valence-electron chi connectivity index (χ1n) is 7.08. The molecule has 22 heavy (non-hydrogen) atoms. The fourth-order valence-corrected chi connectivity index (χ4v) is 2.50. The molecule has 1 aromatic carbocycles. The van der Waals surface area contributed by atoms with E-state index in [9.17, 15) is 4.79 Å². The molecule has 1 aliphatic heterocycles. The number of nitrogens with one attached hydrogen (secondary N) is 1. The quantitative estimate of drug-likeness (QED) is 0.912. The second-order valence-electron chi connectivity index (χ2n) is 4.97. The lowest BCUT2D eigenvalue weighted by Gasteiger charge is -2.27. The number of rotatable bonds is 3. The zero-order valence-electron chi connectivity index (χ0n) is 12.0. The molecule has 0 aliphatic carbocycles. The van der Waals surface area contributed by atoms with Crippen LogP contribution in [-0.2, 0) is 4.74 Å². The van der Waals surface area contributed by atoms with Crippen LogP contribution in [-0.4, -0.2) is 37.2 Å². The molecule has 0 unspecified atom stereocenters. The number of carbonyl (C=O) groups is 1. The molecule has 1 aliphatic rings. The molecule has 2 heterocycles. The summed E-state index contributed by atoms with van der Waals surface area (Å²) in [6, 6.07) is 11.1. The minimum atomic E-state index is -0.164. The van der Waals surface area contributed by atoms with Gasteiger partial charge in [0.05, 0.1) is 18.8 Å². The van der Waals surface area contributed by atoms with Crippen molar-refractivity contribution in [2.75, 3.05) is 36.5 Å². The third kappa shape index (κ3) is 3.64. The minimum absolute atomic E-state index is 0.164. The number of benzene rings is 1. The van der Waals surface area contributed by atoms with Gasteiger partial charge in [0.1, 0.15) is 5.82 Å². The summed E-state index contributed by atoms with van der Waals surface area (Å²) in [6.07, 6.45) is 1.61. The second-order valence-corrected chi connectivity index (χ2v) is 5.88. The van der Waals surface area contributed by atoms with Gasteiger partial charge >= 0.3 is 0 Å². The summed E-state index contributed by atoms with van der Waals surface area (Å²) in [7, 11) is 0. The molecule has 0 radical (unpaired) electrons. The molecule has 0 atom stereocenters. The molecule has 6 heteroatoms. The predicted octanol–water partition coefficient (Wildman–Crippen LogP) is 2.93. The SMILES string of the molecule is O=C(Nc1ccc(Br)cc1)c1ccc(N2CCOCC2)nc1. The van der Waals surface area contributed by atoms with Crippen molar-refractivity contribution in [2.24, 2.45) is 0 Å². The molecule has 5 nitrogen and oxygen atoms in total. The van der Waals surface area contributed by atoms with Crippen LogP contribution in [0.4, 0.5) is 11.5 Å². The molecule has 1 aromatic heterocycles. The molecule has 1 N–H and O–H groups in total. The summed E-state index contributed by atoms with van der Waals surface area (Å²) in [6.45, 7) is 3.09. The first kappa shape index (κ1) is 15.0. The van der Waals surface area contributed by atoms with Gasteiger partial charge in [-0.2, -0.15) is 0 Å². The van der Waals surface area contributed by atoms with Crippen LogP contribution in [0.2, 0.25) is 0 Å². The van der Waals surface area contributed by atoms with Gasteiger partial charge in [-0.3, -0.25) is 4.79 Å². The van der Waals surface area contributed by atoms with E-state index in [1.54, 1.807) is 12.3 Å². The van der Waals surface area contributed by atoms with Crippen LogP contribution in [0.1, 0.15) is 10.4 Å². The van der Waals surface area contributed by atoms with E-state index >= 15 is 0 Å². The van der Waals surface area contributed by atoms with Gasteiger partial charge < -0.3 is 15.0 Å². The van der Waals surface area contributed by atoms with Gasteiger partial charge in [0.15, 0.2) is 0 Å². The van der Waals surface area contributed by atoms with Crippen LogP contribution in [0.5, 0.6) is 0 Å². The molecule has 0 bridgehead atoms. The van der Waals surface area contributed by atoms with Crippen LogP contribution >= 0.6 is 15.9 Å². The van der Waals surface area contributed by atoms with Gasteiger partial charge in [-0.15, -0.1) is 0 Å². The largest absolute Gasteiger partial charge is 0.378 e. The summed E-state index contributed by atoms with van der Waals surface area (Å²) in [4.78, 5) is 18.7. The highest BCUT2D eigenvalue weighted by Crippen LogP contribution is 2.16. The van der Waals surface area contributed by atoms with E-state index < -0.39 is 0 Å². The second kappa shape index (κ2) is 6.89. The summed E-state index contributed by atoms with van der Waals surface area (Å²) in [5.74, 6) is 0.715. The van der Waals surface area contributed by atoms with Crippen molar-refractivity contribution in [2.45, 2.75) is 0 Å². The Bertz CT molecular complexity index is 637. The fourth-order valence-electron chi connectivity index (χ4n) is 2.24. The lowest BCUT2D eigenvalue weighted by molar-refractivity contribution is 0.102. The Labute approximate surface area is 137 Å². The number of carbonyl (C=O) groups excluding carboxylic acids is 1. The van der Waals surface area contributed by atoms with Crippen molar-refractivity contribution < 1.29 is 9.53 Å². The number of anilines is 2. The third-order valence-corrected chi connectivity index (χ3v) is 3.98. The van der Waals surface area contributed by atoms with Crippen LogP contribution in [0.25, 0.3) is 0 Å². The van der Waals surface area contributed by atoms with Crippen LogP contribution in [0, 0.1) is 0 Å². The van der Waals surface area contributed by atoms with Crippen molar-refractivity contribution in [1.82, 2.24) is 4.98 Å². The highest BCUT2D eigenvalue weighted by atomic mass is 79.9. The van der Waals surface area contributed by atoms with E-state index in [4.69, 9.17) is 4.74 Å². The number of nitrogens with zero attached hydrogens (tertiary/aromatic N) is 2. The Morgan fingerprint density at radius 2 is 1.86 bits per heavy atom. The summed E-state index contributed by atoms with van der Waals surface area (Å²) >= 11 is 3.37. The van der Waals surface area contributed by atoms with E-state index in [2.05, 4.69) is 31.1 Å². The molecular weight excluding hydrogens is 346 g/mol. The first-order valence-corrected chi connectivity index (χ1v) is 7.87. The first-order chi connectivity index (χ1) is 10.7. The fraction of sp³-hybridized carbons (Fsp3) is 0.250. The Balaban J connectivity index is 1.66. The molecular formula is C16H16BrN3O2. The molecule has 1 amide bonds. The number of halogens is 1. The maximum absolute atomic E-state index is 12.2. The highest BCUT2D eigenvalue weighted by molar-refractivity contribution is 9.10. The molecule has 0 saturated carbocycles. The molecule has 114 valence electrons. The lowest BCUT2D eigenvalue weighted by atomic mass is 10.2. The Morgan fingerprint density at radius 1 is 1.14 bits per heavy atom. The zero-order chi connectivity index (χ0) is 15.4. The monoisotopic (exact) mass is 361 g/mol.